The van der Waals surface area contributed by atoms with Crippen molar-refractivity contribution in [3.8, 4) is 0 Å². The van der Waals surface area contributed by atoms with Gasteiger partial charge in [0.1, 0.15) is 43.2 Å². The van der Waals surface area contributed by atoms with E-state index in [0.29, 0.717) is 6.42 Å². The molecule has 2 aliphatic heterocycles. The van der Waals surface area contributed by atoms with E-state index in [2.05, 4.69) is 6.92 Å². The quantitative estimate of drug-likeness (QED) is 0.0666. The fourth-order valence-electron chi connectivity index (χ4n) is 4.55. The second-order valence-corrected chi connectivity index (χ2v) is 9.60. The fourth-order valence-corrected chi connectivity index (χ4v) is 4.55. The number of ether oxygens (including phenoxy) is 4. The molecule has 0 aromatic heterocycles. The molecule has 2 rings (SSSR count). The van der Waals surface area contributed by atoms with Gasteiger partial charge >= 0.3 is 35.5 Å². The molecule has 2 aliphatic rings. The minimum atomic E-state index is -2.24. The zero-order valence-electron chi connectivity index (χ0n) is 21.0. The van der Waals surface area contributed by atoms with Crippen LogP contribution in [0.15, 0.2) is 0 Å². The van der Waals surface area contributed by atoms with Crippen molar-refractivity contribution in [3.05, 3.63) is 0 Å². The van der Waals surface area contributed by atoms with E-state index in [0.717, 1.165) is 25.7 Å². The maximum absolute atomic E-state index is 12.5. The summed E-state index contributed by atoms with van der Waals surface area (Å²) < 4.78 is 21.8. The molecule has 0 spiro atoms. The Balaban J connectivity index is 0.00000684. The Morgan fingerprint density at radius 3 is 1.89 bits per heavy atom. The number of hydrogen-bond donors (Lipinski definition) is 7. The van der Waals surface area contributed by atoms with Crippen LogP contribution in [0.2, 0.25) is 0 Å². The van der Waals surface area contributed by atoms with Gasteiger partial charge in [0.05, 0.1) is 13.2 Å². The first-order valence-electron chi connectivity index (χ1n) is 13.0. The van der Waals surface area contributed by atoms with Crippen molar-refractivity contribution in [2.24, 2.45) is 0 Å². The molecule has 2 heterocycles. The maximum atomic E-state index is 12.5. The number of aliphatic hydroxyl groups excluding tert-OH is 7. The summed E-state index contributed by atoms with van der Waals surface area (Å²) in [5.74, 6) is -2.91. The van der Waals surface area contributed by atoms with Gasteiger partial charge in [0.15, 0.2) is 12.4 Å². The second kappa shape index (κ2) is 17.7. The van der Waals surface area contributed by atoms with Crippen molar-refractivity contribution in [3.63, 3.8) is 0 Å². The Bertz CT molecular complexity index is 641. The predicted molar refractivity (Wildman–Crippen MR) is 132 cm³/mol. The molecule has 0 aliphatic carbocycles. The van der Waals surface area contributed by atoms with Gasteiger partial charge in [-0.1, -0.05) is 58.3 Å². The summed E-state index contributed by atoms with van der Waals surface area (Å²) in [6, 6.07) is 0. The minimum absolute atomic E-state index is 0. The first kappa shape index (κ1) is 35.1. The molecule has 13 heteroatoms. The monoisotopic (exact) mass is 548 g/mol. The van der Waals surface area contributed by atoms with Gasteiger partial charge in [-0.15, -0.1) is 0 Å². The number of aliphatic hydroxyl groups is 7. The van der Waals surface area contributed by atoms with Crippen molar-refractivity contribution >= 4 is 35.5 Å². The van der Waals surface area contributed by atoms with Crippen LogP contribution in [0.4, 0.5) is 0 Å². The molecule has 9 atom stereocenters. The van der Waals surface area contributed by atoms with Crippen molar-refractivity contribution in [2.75, 3.05) is 19.8 Å². The first-order valence-corrected chi connectivity index (χ1v) is 13.0. The zero-order chi connectivity index (χ0) is 26.7. The van der Waals surface area contributed by atoms with Gasteiger partial charge in [-0.05, 0) is 6.42 Å². The van der Waals surface area contributed by atoms with Crippen LogP contribution >= 0.6 is 0 Å². The third-order valence-electron chi connectivity index (χ3n) is 6.78. The standard InChI is InChI=1S/C24H44O12.Na.H/c1-2-3-4-5-6-7-8-9-10-11-17(28)34-22-19(30)16(13-26)35-24(22,14-27)36-23-21(32)20(31)18(29)15(12-25)33-23;;/h15-16,18-23,25-27,29-32H,2-14H2,1H3;;/t15-,16-,18-,19-,20+,21-,22+,23-,24+;;/m1../s1. The SMILES string of the molecule is CCCCCCCCCCCC(=O)O[C@H]1[C@H](O)[C@@H](CO)O[C@@]1(CO)O[C@H]1O[C@H](CO)[C@@H](O)[C@H](O)[C@H]1O.[NaH]. The summed E-state index contributed by atoms with van der Waals surface area (Å²) in [6.45, 7) is -0.193. The predicted octanol–water partition coefficient (Wildman–Crippen LogP) is -1.57. The molecule has 214 valence electrons. The molecular formula is C24H45NaO12. The molecule has 0 saturated carbocycles. The van der Waals surface area contributed by atoms with E-state index in [-0.39, 0.29) is 36.0 Å². The molecular weight excluding hydrogens is 503 g/mol. The molecule has 7 N–H and O–H groups in total. The van der Waals surface area contributed by atoms with Gasteiger partial charge in [-0.2, -0.15) is 0 Å². The van der Waals surface area contributed by atoms with E-state index < -0.39 is 80.6 Å². The molecule has 37 heavy (non-hydrogen) atoms. The first-order chi connectivity index (χ1) is 17.2. The summed E-state index contributed by atoms with van der Waals surface area (Å²) >= 11 is 0. The van der Waals surface area contributed by atoms with E-state index in [4.69, 9.17) is 18.9 Å². The fraction of sp³-hybridized carbons (Fsp3) is 0.958. The summed E-state index contributed by atoms with van der Waals surface area (Å²) in [5, 5.41) is 69.9. The van der Waals surface area contributed by atoms with Gasteiger partial charge in [-0.25, -0.2) is 0 Å². The average molecular weight is 549 g/mol. The van der Waals surface area contributed by atoms with E-state index in [9.17, 15) is 40.5 Å². The number of unbranched alkanes of at least 4 members (excludes halogenated alkanes) is 8. The Morgan fingerprint density at radius 1 is 0.784 bits per heavy atom. The van der Waals surface area contributed by atoms with Crippen molar-refractivity contribution in [2.45, 2.75) is 126 Å². The Kier molecular flexibility index (Phi) is 16.8. The van der Waals surface area contributed by atoms with E-state index in [1.165, 1.54) is 25.7 Å². The van der Waals surface area contributed by atoms with Gasteiger partial charge in [-0.3, -0.25) is 4.79 Å². The number of rotatable bonds is 16. The van der Waals surface area contributed by atoms with Gasteiger partial charge < -0.3 is 54.7 Å². The van der Waals surface area contributed by atoms with E-state index >= 15 is 0 Å². The van der Waals surface area contributed by atoms with Crippen LogP contribution in [0.5, 0.6) is 0 Å². The molecule has 0 amide bonds. The molecule has 2 saturated heterocycles. The van der Waals surface area contributed by atoms with Crippen LogP contribution in [0.3, 0.4) is 0 Å². The zero-order valence-corrected chi connectivity index (χ0v) is 21.0. The number of carbonyl (C=O) groups is 1. The normalized spacial score (nSPS) is 35.8. The van der Waals surface area contributed by atoms with Crippen LogP contribution in [0.25, 0.3) is 0 Å². The number of hydrogen-bond acceptors (Lipinski definition) is 12. The molecule has 0 radical (unpaired) electrons. The molecule has 0 aromatic carbocycles. The topological polar surface area (TPSA) is 196 Å². The molecule has 0 aromatic rings. The average Bonchev–Trinajstić information content (AvgIpc) is 3.14. The van der Waals surface area contributed by atoms with E-state index in [1.807, 2.05) is 0 Å². The Morgan fingerprint density at radius 2 is 1.35 bits per heavy atom. The van der Waals surface area contributed by atoms with Crippen molar-refractivity contribution in [1.82, 2.24) is 0 Å². The van der Waals surface area contributed by atoms with Crippen molar-refractivity contribution < 1.29 is 59.5 Å². The molecule has 2 fully saturated rings. The Labute approximate surface area is 240 Å². The summed E-state index contributed by atoms with van der Waals surface area (Å²) in [6.07, 6.45) is -3.09. The van der Waals surface area contributed by atoms with Gasteiger partial charge in [0, 0.05) is 6.42 Å². The van der Waals surface area contributed by atoms with Crippen molar-refractivity contribution in [1.29, 1.82) is 0 Å². The van der Waals surface area contributed by atoms with E-state index in [1.54, 1.807) is 0 Å². The number of esters is 1. The van der Waals surface area contributed by atoms with Crippen LogP contribution in [-0.4, -0.2) is 146 Å². The number of carbonyl (C=O) groups excluding carboxylic acids is 1. The molecule has 0 unspecified atom stereocenters. The van der Waals surface area contributed by atoms with Crippen LogP contribution < -0.4 is 0 Å². The van der Waals surface area contributed by atoms with Gasteiger partial charge in [0.2, 0.25) is 5.79 Å². The van der Waals surface area contributed by atoms with Crippen LogP contribution in [-0.2, 0) is 23.7 Å². The van der Waals surface area contributed by atoms with Crippen LogP contribution in [0.1, 0.15) is 71.1 Å². The third kappa shape index (κ3) is 9.59. The van der Waals surface area contributed by atoms with Gasteiger partial charge in [0.25, 0.3) is 0 Å². The summed E-state index contributed by atoms with van der Waals surface area (Å²) in [5.41, 5.74) is 0. The molecule has 0 bridgehead atoms. The summed E-state index contributed by atoms with van der Waals surface area (Å²) in [7, 11) is 0. The third-order valence-corrected chi connectivity index (χ3v) is 6.78. The van der Waals surface area contributed by atoms with Crippen LogP contribution in [0, 0.1) is 0 Å². The molecule has 12 nitrogen and oxygen atoms in total. The Hall–Kier alpha value is 0.0700. The summed E-state index contributed by atoms with van der Waals surface area (Å²) in [4.78, 5) is 12.5. The second-order valence-electron chi connectivity index (χ2n) is 9.60.